The van der Waals surface area contributed by atoms with Crippen LogP contribution in [0.4, 0.5) is 10.5 Å². The van der Waals surface area contributed by atoms with Gasteiger partial charge in [0, 0.05) is 5.56 Å². The van der Waals surface area contributed by atoms with Gasteiger partial charge in [-0.2, -0.15) is 14.4 Å². The summed E-state index contributed by atoms with van der Waals surface area (Å²) in [6, 6.07) is 10.6. The van der Waals surface area contributed by atoms with Gasteiger partial charge in [-0.3, -0.25) is 0 Å². The molecule has 1 aromatic heterocycles. The minimum Gasteiger partial charge on any atom is -0.454 e. The second-order valence-corrected chi connectivity index (χ2v) is 8.61. The number of imide groups is 1. The van der Waals surface area contributed by atoms with Crippen LogP contribution in [0.25, 0.3) is 11.4 Å². The maximum Gasteiger partial charge on any atom is 0.506 e. The lowest BCUT2D eigenvalue weighted by Gasteiger charge is -2.26. The Balaban J connectivity index is 1.36. The van der Waals surface area contributed by atoms with Gasteiger partial charge in [-0.15, -0.1) is 4.90 Å². The van der Waals surface area contributed by atoms with Crippen molar-refractivity contribution in [3.8, 4) is 22.9 Å². The Morgan fingerprint density at radius 1 is 1.03 bits per heavy atom. The highest BCUT2D eigenvalue weighted by Crippen LogP contribution is 2.35. The first kappa shape index (κ1) is 21.0. The number of fused-ring (bicyclic) bond motifs is 2. The van der Waals surface area contributed by atoms with Gasteiger partial charge in [0.15, 0.2) is 18.0 Å². The lowest BCUT2D eigenvalue weighted by atomic mass is 9.94. The van der Waals surface area contributed by atoms with Gasteiger partial charge in [0.2, 0.25) is 12.6 Å². The number of hydrogen-bond donors (Lipinski definition) is 0. The van der Waals surface area contributed by atoms with Gasteiger partial charge in [-0.25, -0.2) is 4.79 Å². The third kappa shape index (κ3) is 3.61. The quantitative estimate of drug-likeness (QED) is 0.534. The van der Waals surface area contributed by atoms with Crippen LogP contribution in [0.2, 0.25) is 0 Å². The van der Waals surface area contributed by atoms with Crippen LogP contribution in [0.3, 0.4) is 0 Å². The molecule has 0 bridgehead atoms. The van der Waals surface area contributed by atoms with Gasteiger partial charge in [0.05, 0.1) is 0 Å². The van der Waals surface area contributed by atoms with Gasteiger partial charge >= 0.3 is 11.9 Å². The van der Waals surface area contributed by atoms with Crippen molar-refractivity contribution in [2.24, 2.45) is 5.92 Å². The number of rotatable bonds is 4. The Bertz CT molecular complexity index is 1460. The van der Waals surface area contributed by atoms with E-state index in [4.69, 9.17) is 14.0 Å². The predicted molar refractivity (Wildman–Crippen MR) is 125 cm³/mol. The van der Waals surface area contributed by atoms with E-state index in [9.17, 15) is 9.59 Å². The predicted octanol–water partition coefficient (Wildman–Crippen LogP) is 3.94. The van der Waals surface area contributed by atoms with E-state index in [1.54, 1.807) is 30.4 Å². The number of benzene rings is 2. The lowest BCUT2D eigenvalue weighted by Crippen LogP contribution is -2.54. The largest absolute Gasteiger partial charge is 0.506 e. The summed E-state index contributed by atoms with van der Waals surface area (Å²) in [5.74, 6) is 1.00. The van der Waals surface area contributed by atoms with Crippen LogP contribution in [0.15, 0.2) is 65.2 Å². The number of ether oxygens (including phenoxy) is 2. The molecular weight excluding hydrogens is 448 g/mol. The summed E-state index contributed by atoms with van der Waals surface area (Å²) in [5.41, 5.74) is 3.74. The zero-order valence-corrected chi connectivity index (χ0v) is 19.1. The van der Waals surface area contributed by atoms with E-state index in [1.807, 2.05) is 44.2 Å². The molecule has 3 amide bonds. The van der Waals surface area contributed by atoms with Crippen LogP contribution in [-0.4, -0.2) is 39.2 Å². The standard InChI is InChI=1S/C26H21N4O5/c1-15-9-16(2)11-18(10-15)30-25(31)19-5-3-4-6-20(19)29(26(30)32)13-23-27-24(28-35-23)17-7-8-21-22(12-17)34-14-33-21/h3-12,19H,13-14H2,1-2H3/q+1. The van der Waals surface area contributed by atoms with E-state index >= 15 is 0 Å². The number of carbonyl (C=O) groups excluding carboxylic acids is 2. The summed E-state index contributed by atoms with van der Waals surface area (Å²) >= 11 is 0. The molecule has 0 radical (unpaired) electrons. The summed E-state index contributed by atoms with van der Waals surface area (Å²) in [6.07, 6.45) is 7.18. The van der Waals surface area contributed by atoms with Crippen molar-refractivity contribution in [1.29, 1.82) is 0 Å². The molecule has 9 nitrogen and oxygen atoms in total. The zero-order valence-electron chi connectivity index (χ0n) is 19.1. The van der Waals surface area contributed by atoms with Crippen molar-refractivity contribution in [3.05, 3.63) is 77.7 Å². The zero-order chi connectivity index (χ0) is 24.1. The number of urea groups is 1. The van der Waals surface area contributed by atoms with E-state index in [1.165, 1.54) is 9.48 Å². The molecule has 2 aliphatic heterocycles. The Kier molecular flexibility index (Phi) is 4.84. The van der Waals surface area contributed by atoms with Crippen molar-refractivity contribution < 1.29 is 28.2 Å². The molecule has 1 aliphatic carbocycles. The molecule has 3 aromatic rings. The van der Waals surface area contributed by atoms with Crippen molar-refractivity contribution in [2.75, 3.05) is 11.7 Å². The maximum absolute atomic E-state index is 13.7. The van der Waals surface area contributed by atoms with E-state index in [0.29, 0.717) is 34.3 Å². The van der Waals surface area contributed by atoms with Gasteiger partial charge in [-0.05, 0) is 61.4 Å². The maximum atomic E-state index is 13.7. The van der Waals surface area contributed by atoms with E-state index in [-0.39, 0.29) is 25.1 Å². The molecule has 0 saturated heterocycles. The topological polar surface area (TPSA) is 97.8 Å². The number of aryl methyl sites for hydroxylation is 2. The fraction of sp³-hybridized carbons (Fsp3) is 0.192. The minimum absolute atomic E-state index is 0.0228. The summed E-state index contributed by atoms with van der Waals surface area (Å²) in [6.45, 7) is 4.06. The smallest absolute Gasteiger partial charge is 0.454 e. The molecule has 1 unspecified atom stereocenters. The Morgan fingerprint density at radius 3 is 2.66 bits per heavy atom. The molecule has 3 aliphatic rings. The molecule has 9 heteroatoms. The average molecular weight is 469 g/mol. The SMILES string of the molecule is Cc1cc(C)cc(N2C(=O)C3C=CC=CC3=[N+](Cc3nc(-c4ccc5c(c4)OCO5)no3)C2=O)c1. The summed E-state index contributed by atoms with van der Waals surface area (Å²) in [5, 5.41) is 4.08. The van der Waals surface area contributed by atoms with Gasteiger partial charge < -0.3 is 14.0 Å². The lowest BCUT2D eigenvalue weighted by molar-refractivity contribution is -0.449. The van der Waals surface area contributed by atoms with Crippen LogP contribution in [0.5, 0.6) is 11.5 Å². The summed E-state index contributed by atoms with van der Waals surface area (Å²) in [4.78, 5) is 32.7. The molecule has 35 heavy (non-hydrogen) atoms. The second-order valence-electron chi connectivity index (χ2n) is 8.61. The normalized spacial score (nSPS) is 18.5. The highest BCUT2D eigenvalue weighted by atomic mass is 16.7. The van der Waals surface area contributed by atoms with Crippen molar-refractivity contribution in [3.63, 3.8) is 0 Å². The Hall–Kier alpha value is -4.53. The van der Waals surface area contributed by atoms with Crippen LogP contribution in [-0.2, 0) is 11.3 Å². The van der Waals surface area contributed by atoms with Crippen LogP contribution < -0.4 is 14.4 Å². The van der Waals surface area contributed by atoms with Gasteiger partial charge in [-0.1, -0.05) is 29.5 Å². The first-order chi connectivity index (χ1) is 17.0. The Morgan fingerprint density at radius 2 is 1.83 bits per heavy atom. The Labute approximate surface area is 200 Å². The molecule has 174 valence electrons. The summed E-state index contributed by atoms with van der Waals surface area (Å²) < 4.78 is 17.8. The van der Waals surface area contributed by atoms with Crippen molar-refractivity contribution in [1.82, 2.24) is 10.1 Å². The third-order valence-corrected chi connectivity index (χ3v) is 6.08. The number of hydrogen-bond acceptors (Lipinski definition) is 7. The van der Waals surface area contributed by atoms with Gasteiger partial charge in [0.1, 0.15) is 17.3 Å². The molecule has 0 saturated carbocycles. The molecule has 3 heterocycles. The van der Waals surface area contributed by atoms with Crippen LogP contribution in [0.1, 0.15) is 17.0 Å². The van der Waals surface area contributed by atoms with Crippen molar-refractivity contribution >= 4 is 23.3 Å². The third-order valence-electron chi connectivity index (χ3n) is 6.08. The minimum atomic E-state index is -0.588. The van der Waals surface area contributed by atoms with Crippen molar-refractivity contribution in [2.45, 2.75) is 20.4 Å². The second kappa shape index (κ2) is 8.05. The monoisotopic (exact) mass is 469 g/mol. The number of nitrogens with zero attached hydrogens (tertiary/aromatic N) is 4. The first-order valence-electron chi connectivity index (χ1n) is 11.2. The van der Waals surface area contributed by atoms with E-state index in [0.717, 1.165) is 11.1 Å². The number of anilines is 1. The fourth-order valence-corrected chi connectivity index (χ4v) is 4.55. The molecular formula is C26H21N4O5+. The first-order valence-corrected chi connectivity index (χ1v) is 11.2. The molecule has 0 spiro atoms. The van der Waals surface area contributed by atoms with Crippen LogP contribution in [0, 0.1) is 19.8 Å². The molecule has 6 rings (SSSR count). The number of aromatic nitrogens is 2. The molecule has 1 atom stereocenters. The number of allylic oxidation sites excluding steroid dienone is 3. The highest BCUT2D eigenvalue weighted by Gasteiger charge is 2.48. The van der Waals surface area contributed by atoms with E-state index < -0.39 is 11.9 Å². The molecule has 0 fully saturated rings. The van der Waals surface area contributed by atoms with Crippen LogP contribution >= 0.6 is 0 Å². The van der Waals surface area contributed by atoms with Gasteiger partial charge in [0.25, 0.3) is 5.89 Å². The van der Waals surface area contributed by atoms with E-state index in [2.05, 4.69) is 10.1 Å². The highest BCUT2D eigenvalue weighted by molar-refractivity contribution is 6.25. The molecule has 0 N–H and O–H groups in total. The number of amides is 3. The number of carbonyl (C=O) groups is 2. The average Bonchev–Trinajstić information content (AvgIpc) is 3.50. The summed E-state index contributed by atoms with van der Waals surface area (Å²) in [7, 11) is 0. The molecule has 2 aromatic carbocycles. The fourth-order valence-electron chi connectivity index (χ4n) is 4.55.